The van der Waals surface area contributed by atoms with Gasteiger partial charge in [0.1, 0.15) is 0 Å². The number of fused-ring (bicyclic) bond motifs is 1. The van der Waals surface area contributed by atoms with E-state index in [1.165, 1.54) is 37.1 Å². The van der Waals surface area contributed by atoms with Crippen molar-refractivity contribution in [2.45, 2.75) is 25.7 Å². The van der Waals surface area contributed by atoms with Crippen LogP contribution in [0.3, 0.4) is 0 Å². The van der Waals surface area contributed by atoms with Crippen molar-refractivity contribution in [1.29, 1.82) is 0 Å². The van der Waals surface area contributed by atoms with Crippen molar-refractivity contribution in [2.24, 2.45) is 0 Å². The van der Waals surface area contributed by atoms with Gasteiger partial charge in [0, 0.05) is 17.6 Å². The molecule has 0 amide bonds. The first-order valence-electron chi connectivity index (χ1n) is 5.70. The van der Waals surface area contributed by atoms with Gasteiger partial charge in [-0.15, -0.1) is 0 Å². The first-order valence-corrected chi connectivity index (χ1v) is 5.70. The van der Waals surface area contributed by atoms with Gasteiger partial charge in [-0.2, -0.15) is 0 Å². The summed E-state index contributed by atoms with van der Waals surface area (Å²) < 4.78 is 2.34. The molecule has 2 aromatic rings. The second-order valence-corrected chi connectivity index (χ2v) is 4.20. The van der Waals surface area contributed by atoms with Crippen LogP contribution in [0.25, 0.3) is 5.69 Å². The molecule has 0 spiro atoms. The Bertz CT molecular complexity index is 453. The highest BCUT2D eigenvalue weighted by molar-refractivity contribution is 5.38. The van der Waals surface area contributed by atoms with Crippen LogP contribution in [0, 0.1) is 0 Å². The van der Waals surface area contributed by atoms with Crippen LogP contribution in [0.15, 0.2) is 42.6 Å². The van der Waals surface area contributed by atoms with Gasteiger partial charge < -0.3 is 4.57 Å². The molecule has 15 heavy (non-hydrogen) atoms. The van der Waals surface area contributed by atoms with Crippen molar-refractivity contribution < 1.29 is 0 Å². The summed E-state index contributed by atoms with van der Waals surface area (Å²) in [6, 6.07) is 12.9. The Balaban J connectivity index is 2.09. The topological polar surface area (TPSA) is 4.93 Å². The van der Waals surface area contributed by atoms with E-state index in [9.17, 15) is 0 Å². The third-order valence-electron chi connectivity index (χ3n) is 3.23. The van der Waals surface area contributed by atoms with Gasteiger partial charge in [-0.3, -0.25) is 0 Å². The maximum atomic E-state index is 2.34. The predicted molar refractivity (Wildman–Crippen MR) is 62.4 cm³/mol. The molecule has 0 fully saturated rings. The molecule has 1 aromatic carbocycles. The van der Waals surface area contributed by atoms with Gasteiger partial charge in [-0.05, 0) is 49.4 Å². The van der Waals surface area contributed by atoms with Crippen molar-refractivity contribution in [1.82, 2.24) is 4.57 Å². The Labute approximate surface area is 90.4 Å². The van der Waals surface area contributed by atoms with E-state index < -0.39 is 0 Å². The lowest BCUT2D eigenvalue weighted by Crippen LogP contribution is -2.06. The minimum Gasteiger partial charge on any atom is -0.321 e. The Morgan fingerprint density at radius 2 is 1.67 bits per heavy atom. The van der Waals surface area contributed by atoms with E-state index in [1.807, 2.05) is 0 Å². The zero-order valence-electron chi connectivity index (χ0n) is 8.82. The molecule has 1 nitrogen and oxygen atoms in total. The van der Waals surface area contributed by atoms with Crippen molar-refractivity contribution in [3.63, 3.8) is 0 Å². The average molecular weight is 197 g/mol. The first kappa shape index (κ1) is 8.78. The molecular formula is C14H15N. The molecule has 0 atom stereocenters. The van der Waals surface area contributed by atoms with E-state index in [1.54, 1.807) is 5.56 Å². The van der Waals surface area contributed by atoms with Crippen LogP contribution in [0.4, 0.5) is 0 Å². The van der Waals surface area contributed by atoms with E-state index >= 15 is 0 Å². The third-order valence-corrected chi connectivity index (χ3v) is 3.23. The lowest BCUT2D eigenvalue weighted by molar-refractivity contribution is 0.663. The quantitative estimate of drug-likeness (QED) is 0.660. The fourth-order valence-electron chi connectivity index (χ4n) is 2.45. The molecule has 0 aliphatic heterocycles. The molecule has 0 radical (unpaired) electrons. The van der Waals surface area contributed by atoms with Gasteiger partial charge in [0.15, 0.2) is 0 Å². The number of aryl methyl sites for hydroxylation is 1. The normalized spacial score (nSPS) is 14.9. The number of hydrogen-bond acceptors (Lipinski definition) is 0. The van der Waals surface area contributed by atoms with Crippen LogP contribution < -0.4 is 0 Å². The SMILES string of the molecule is c1ccc(-n2ccc3c2CCCC3)cc1. The van der Waals surface area contributed by atoms with E-state index in [0.717, 1.165) is 0 Å². The zero-order chi connectivity index (χ0) is 10.1. The second-order valence-electron chi connectivity index (χ2n) is 4.20. The summed E-state index contributed by atoms with van der Waals surface area (Å²) in [7, 11) is 0. The number of para-hydroxylation sites is 1. The van der Waals surface area contributed by atoms with Gasteiger partial charge in [0.25, 0.3) is 0 Å². The Hall–Kier alpha value is -1.50. The molecule has 1 aliphatic rings. The molecule has 0 bridgehead atoms. The molecule has 1 heteroatoms. The van der Waals surface area contributed by atoms with Crippen LogP contribution >= 0.6 is 0 Å². The van der Waals surface area contributed by atoms with E-state index in [4.69, 9.17) is 0 Å². The minimum absolute atomic E-state index is 1.23. The van der Waals surface area contributed by atoms with Crippen LogP contribution in [-0.2, 0) is 12.8 Å². The maximum absolute atomic E-state index is 2.34. The third kappa shape index (κ3) is 1.48. The molecule has 0 saturated carbocycles. The standard InChI is InChI=1S/C14H15N/c1-2-7-13(8-3-1)15-11-10-12-6-4-5-9-14(12)15/h1-3,7-8,10-11H,4-6,9H2. The zero-order valence-corrected chi connectivity index (χ0v) is 8.82. The summed E-state index contributed by atoms with van der Waals surface area (Å²) >= 11 is 0. The Kier molecular flexibility index (Phi) is 2.09. The molecule has 0 saturated heterocycles. The van der Waals surface area contributed by atoms with Crippen LogP contribution in [-0.4, -0.2) is 4.57 Å². The minimum atomic E-state index is 1.23. The predicted octanol–water partition coefficient (Wildman–Crippen LogP) is 3.36. The fourth-order valence-corrected chi connectivity index (χ4v) is 2.45. The van der Waals surface area contributed by atoms with Crippen LogP contribution in [0.1, 0.15) is 24.1 Å². The largest absolute Gasteiger partial charge is 0.321 e. The molecule has 76 valence electrons. The second kappa shape index (κ2) is 3.58. The molecule has 3 rings (SSSR count). The van der Waals surface area contributed by atoms with E-state index in [2.05, 4.69) is 47.2 Å². The van der Waals surface area contributed by atoms with Crippen LogP contribution in [0.5, 0.6) is 0 Å². The molecule has 0 unspecified atom stereocenters. The van der Waals surface area contributed by atoms with E-state index in [0.29, 0.717) is 0 Å². The molecule has 1 aromatic heterocycles. The highest BCUT2D eigenvalue weighted by atomic mass is 15.0. The number of benzene rings is 1. The van der Waals surface area contributed by atoms with Gasteiger partial charge >= 0.3 is 0 Å². The highest BCUT2D eigenvalue weighted by Crippen LogP contribution is 2.24. The Morgan fingerprint density at radius 3 is 2.53 bits per heavy atom. The molecule has 1 heterocycles. The van der Waals surface area contributed by atoms with Gasteiger partial charge in [0.2, 0.25) is 0 Å². The lowest BCUT2D eigenvalue weighted by Gasteiger charge is -2.15. The Morgan fingerprint density at radius 1 is 0.867 bits per heavy atom. The molecular weight excluding hydrogens is 182 g/mol. The maximum Gasteiger partial charge on any atom is 0.0452 e. The first-order chi connectivity index (χ1) is 7.45. The van der Waals surface area contributed by atoms with Crippen molar-refractivity contribution in [2.75, 3.05) is 0 Å². The van der Waals surface area contributed by atoms with E-state index in [-0.39, 0.29) is 0 Å². The van der Waals surface area contributed by atoms with Crippen molar-refractivity contribution >= 4 is 0 Å². The summed E-state index contributed by atoms with van der Waals surface area (Å²) in [5.41, 5.74) is 4.36. The number of nitrogens with zero attached hydrogens (tertiary/aromatic N) is 1. The summed E-state index contributed by atoms with van der Waals surface area (Å²) in [5.74, 6) is 0. The number of hydrogen-bond donors (Lipinski definition) is 0. The molecule has 1 aliphatic carbocycles. The monoisotopic (exact) mass is 197 g/mol. The number of rotatable bonds is 1. The summed E-state index contributed by atoms with van der Waals surface area (Å²) in [4.78, 5) is 0. The van der Waals surface area contributed by atoms with Crippen LogP contribution in [0.2, 0.25) is 0 Å². The van der Waals surface area contributed by atoms with Crippen molar-refractivity contribution in [3.8, 4) is 5.69 Å². The number of aromatic nitrogens is 1. The van der Waals surface area contributed by atoms with Gasteiger partial charge in [0.05, 0.1) is 0 Å². The van der Waals surface area contributed by atoms with Gasteiger partial charge in [-0.25, -0.2) is 0 Å². The molecule has 0 N–H and O–H groups in total. The summed E-state index contributed by atoms with van der Waals surface area (Å²) in [6.45, 7) is 0. The summed E-state index contributed by atoms with van der Waals surface area (Å²) in [6.07, 6.45) is 7.40. The fraction of sp³-hybridized carbons (Fsp3) is 0.286. The van der Waals surface area contributed by atoms with Crippen molar-refractivity contribution in [3.05, 3.63) is 53.9 Å². The van der Waals surface area contributed by atoms with Gasteiger partial charge in [-0.1, -0.05) is 18.2 Å². The summed E-state index contributed by atoms with van der Waals surface area (Å²) in [5, 5.41) is 0. The average Bonchev–Trinajstić information content (AvgIpc) is 2.74. The smallest absolute Gasteiger partial charge is 0.0452 e. The lowest BCUT2D eigenvalue weighted by atomic mass is 9.98. The highest BCUT2D eigenvalue weighted by Gasteiger charge is 2.13.